The van der Waals surface area contributed by atoms with Crippen molar-refractivity contribution >= 4 is 0 Å². The molecule has 1 nitrogen and oxygen atoms in total. The van der Waals surface area contributed by atoms with Crippen LogP contribution in [-0.4, -0.2) is 25.7 Å². The van der Waals surface area contributed by atoms with Crippen LogP contribution in [0.25, 0.3) is 0 Å². The first-order valence-electron chi connectivity index (χ1n) is 3.90. The van der Waals surface area contributed by atoms with E-state index in [-0.39, 0.29) is 6.54 Å². The van der Waals surface area contributed by atoms with Crippen molar-refractivity contribution < 1.29 is 22.0 Å². The molecule has 0 bridgehead atoms. The Bertz CT molecular complexity index is 121. The van der Waals surface area contributed by atoms with Gasteiger partial charge in [-0.3, -0.25) is 0 Å². The van der Waals surface area contributed by atoms with Crippen LogP contribution in [-0.2, 0) is 0 Å². The molecule has 0 aliphatic carbocycles. The lowest BCUT2D eigenvalue weighted by atomic mass is 10.2. The van der Waals surface area contributed by atoms with Gasteiger partial charge in [0.2, 0.25) is 0 Å². The maximum absolute atomic E-state index is 12.0. The van der Waals surface area contributed by atoms with E-state index < -0.39 is 18.5 Å². The quantitative estimate of drug-likeness (QED) is 0.701. The van der Waals surface area contributed by atoms with Crippen molar-refractivity contribution in [2.45, 2.75) is 32.4 Å². The molecule has 0 heterocycles. The van der Waals surface area contributed by atoms with Crippen molar-refractivity contribution in [3.05, 3.63) is 0 Å². The van der Waals surface area contributed by atoms with Gasteiger partial charge in [-0.05, 0) is 7.05 Å². The number of rotatable bonds is 3. The van der Waals surface area contributed by atoms with E-state index in [0.29, 0.717) is 0 Å². The molecule has 6 heteroatoms. The Kier molecular flexibility index (Phi) is 7.11. The lowest BCUT2D eigenvalue weighted by molar-refractivity contribution is -0.283. The van der Waals surface area contributed by atoms with E-state index >= 15 is 0 Å². The summed E-state index contributed by atoms with van der Waals surface area (Å²) in [6.07, 6.45) is -6.64. The molecule has 0 unspecified atom stereocenters. The van der Waals surface area contributed by atoms with Gasteiger partial charge in [0.1, 0.15) is 0 Å². The van der Waals surface area contributed by atoms with Crippen LogP contribution in [0.2, 0.25) is 0 Å². The van der Waals surface area contributed by atoms with Crippen molar-refractivity contribution in [2.24, 2.45) is 0 Å². The fraction of sp³-hybridized carbons (Fsp3) is 1.00. The summed E-state index contributed by atoms with van der Waals surface area (Å²) in [5.41, 5.74) is 0. The Hall–Kier alpha value is -0.390. The highest BCUT2D eigenvalue weighted by Gasteiger charge is 2.56. The first-order valence-corrected chi connectivity index (χ1v) is 3.90. The van der Waals surface area contributed by atoms with Crippen LogP contribution < -0.4 is 5.32 Å². The Labute approximate surface area is 74.3 Å². The van der Waals surface area contributed by atoms with E-state index in [2.05, 4.69) is 5.32 Å². The maximum Gasteiger partial charge on any atom is 0.453 e. The van der Waals surface area contributed by atoms with Crippen molar-refractivity contribution in [1.82, 2.24) is 5.32 Å². The standard InChI is InChI=1S/C5H8F5N.C2H6/c1-11-3-2-4(6,7)5(8,9)10;1-2/h11H,2-3H2,1H3;1-2H3. The van der Waals surface area contributed by atoms with Gasteiger partial charge >= 0.3 is 12.1 Å². The van der Waals surface area contributed by atoms with E-state index in [1.165, 1.54) is 7.05 Å². The summed E-state index contributed by atoms with van der Waals surface area (Å²) >= 11 is 0. The lowest BCUT2D eigenvalue weighted by Crippen LogP contribution is -2.38. The summed E-state index contributed by atoms with van der Waals surface area (Å²) in [6.45, 7) is 3.65. The molecule has 0 aliphatic heterocycles. The SMILES string of the molecule is CC.CNCCC(F)(F)C(F)(F)F. The predicted molar refractivity (Wildman–Crippen MR) is 40.9 cm³/mol. The van der Waals surface area contributed by atoms with Crippen LogP contribution in [0.3, 0.4) is 0 Å². The van der Waals surface area contributed by atoms with Crippen molar-refractivity contribution in [1.29, 1.82) is 0 Å². The van der Waals surface area contributed by atoms with Crippen LogP contribution in [0.15, 0.2) is 0 Å². The Morgan fingerprint density at radius 3 is 1.62 bits per heavy atom. The number of alkyl halides is 5. The molecule has 0 fully saturated rings. The van der Waals surface area contributed by atoms with Crippen LogP contribution in [0.5, 0.6) is 0 Å². The Morgan fingerprint density at radius 2 is 1.38 bits per heavy atom. The third kappa shape index (κ3) is 5.79. The predicted octanol–water partition coefficient (Wildman–Crippen LogP) is 2.82. The second kappa shape index (κ2) is 6.12. The summed E-state index contributed by atoms with van der Waals surface area (Å²) in [5.74, 6) is -4.57. The molecule has 1 N–H and O–H groups in total. The first kappa shape index (κ1) is 15.1. The van der Waals surface area contributed by atoms with Crippen molar-refractivity contribution in [2.75, 3.05) is 13.6 Å². The van der Waals surface area contributed by atoms with Gasteiger partial charge in [-0.1, -0.05) is 13.8 Å². The molecule has 0 aromatic heterocycles. The maximum atomic E-state index is 12.0. The normalized spacial score (nSPS) is 12.0. The summed E-state index contributed by atoms with van der Waals surface area (Å²) in [4.78, 5) is 0. The first-order chi connectivity index (χ1) is 5.81. The molecule has 0 aromatic rings. The van der Waals surface area contributed by atoms with Crippen LogP contribution in [0, 0.1) is 0 Å². The molecule has 0 saturated heterocycles. The summed E-state index contributed by atoms with van der Waals surface area (Å²) in [5, 5.41) is 2.22. The van der Waals surface area contributed by atoms with Gasteiger partial charge in [-0.15, -0.1) is 0 Å². The Balaban J connectivity index is 0. The van der Waals surface area contributed by atoms with Crippen LogP contribution >= 0.6 is 0 Å². The average Bonchev–Trinajstić information content (AvgIpc) is 2.03. The smallest absolute Gasteiger partial charge is 0.320 e. The molecule has 0 amide bonds. The van der Waals surface area contributed by atoms with Gasteiger partial charge in [-0.2, -0.15) is 22.0 Å². The summed E-state index contributed by atoms with van der Waals surface area (Å²) < 4.78 is 58.0. The third-order valence-electron chi connectivity index (χ3n) is 1.10. The van der Waals surface area contributed by atoms with Crippen LogP contribution in [0.1, 0.15) is 20.3 Å². The van der Waals surface area contributed by atoms with Crippen LogP contribution in [0.4, 0.5) is 22.0 Å². The minimum atomic E-state index is -5.43. The highest BCUT2D eigenvalue weighted by molar-refractivity contribution is 4.75. The molecule has 13 heavy (non-hydrogen) atoms. The minimum absolute atomic E-state index is 0.355. The number of halogens is 5. The minimum Gasteiger partial charge on any atom is -0.320 e. The molecule has 0 aliphatic rings. The van der Waals surface area contributed by atoms with Gasteiger partial charge in [0.05, 0.1) is 0 Å². The van der Waals surface area contributed by atoms with E-state index in [0.717, 1.165) is 0 Å². The van der Waals surface area contributed by atoms with Crippen molar-refractivity contribution in [3.8, 4) is 0 Å². The molecule has 0 saturated carbocycles. The van der Waals surface area contributed by atoms with Gasteiger partial charge in [0.25, 0.3) is 0 Å². The highest BCUT2D eigenvalue weighted by Crippen LogP contribution is 2.37. The molecule has 0 rings (SSSR count). The zero-order valence-electron chi connectivity index (χ0n) is 7.80. The lowest BCUT2D eigenvalue weighted by Gasteiger charge is -2.18. The fourth-order valence-corrected chi connectivity index (χ4v) is 0.424. The number of hydrogen-bond donors (Lipinski definition) is 1. The molecule has 0 atom stereocenters. The highest BCUT2D eigenvalue weighted by atomic mass is 19.4. The second-order valence-corrected chi connectivity index (χ2v) is 2.06. The van der Waals surface area contributed by atoms with Gasteiger partial charge in [0, 0.05) is 13.0 Å². The molecular weight excluding hydrogens is 193 g/mol. The zero-order chi connectivity index (χ0) is 11.1. The van der Waals surface area contributed by atoms with Gasteiger partial charge in [0.15, 0.2) is 0 Å². The second-order valence-electron chi connectivity index (χ2n) is 2.06. The molecular formula is C7H14F5N. The fourth-order valence-electron chi connectivity index (χ4n) is 0.424. The monoisotopic (exact) mass is 207 g/mol. The molecule has 0 spiro atoms. The number of nitrogens with one attached hydrogen (secondary N) is 1. The number of hydrogen-bond acceptors (Lipinski definition) is 1. The van der Waals surface area contributed by atoms with E-state index in [4.69, 9.17) is 0 Å². The van der Waals surface area contributed by atoms with Crippen molar-refractivity contribution in [3.63, 3.8) is 0 Å². The third-order valence-corrected chi connectivity index (χ3v) is 1.10. The largest absolute Gasteiger partial charge is 0.453 e. The molecule has 82 valence electrons. The van der Waals surface area contributed by atoms with E-state index in [9.17, 15) is 22.0 Å². The zero-order valence-corrected chi connectivity index (χ0v) is 7.80. The van der Waals surface area contributed by atoms with Gasteiger partial charge < -0.3 is 5.32 Å². The van der Waals surface area contributed by atoms with Gasteiger partial charge in [-0.25, -0.2) is 0 Å². The molecule has 0 aromatic carbocycles. The summed E-state index contributed by atoms with van der Waals surface area (Å²) in [6, 6.07) is 0. The van der Waals surface area contributed by atoms with E-state index in [1.807, 2.05) is 13.8 Å². The van der Waals surface area contributed by atoms with E-state index in [1.54, 1.807) is 0 Å². The topological polar surface area (TPSA) is 12.0 Å². The molecule has 0 radical (unpaired) electrons. The average molecular weight is 207 g/mol. The Morgan fingerprint density at radius 1 is 1.00 bits per heavy atom. The summed E-state index contributed by atoms with van der Waals surface area (Å²) in [7, 11) is 1.31.